The van der Waals surface area contributed by atoms with Gasteiger partial charge in [0, 0.05) is 6.04 Å². The van der Waals surface area contributed by atoms with Crippen molar-refractivity contribution in [1.82, 2.24) is 5.32 Å². The zero-order valence-electron chi connectivity index (χ0n) is 12.7. The Kier molecular flexibility index (Phi) is 4.83. The Morgan fingerprint density at radius 1 is 1.38 bits per heavy atom. The number of methoxy groups -OCH3 is 1. The molecule has 0 amide bonds. The fraction of sp³-hybridized carbons (Fsp3) is 0.562. The summed E-state index contributed by atoms with van der Waals surface area (Å²) in [6.45, 7) is 4.14. The molecule has 0 aliphatic heterocycles. The van der Waals surface area contributed by atoms with Crippen LogP contribution in [-0.4, -0.2) is 31.3 Å². The lowest BCUT2D eigenvalue weighted by molar-refractivity contribution is -0.151. The molecule has 1 aromatic carbocycles. The number of hydrogen-bond donors (Lipinski definition) is 1. The minimum Gasteiger partial charge on any atom is -0.491 e. The maximum absolute atomic E-state index is 12.9. The summed E-state index contributed by atoms with van der Waals surface area (Å²) in [5.41, 5.74) is -0.836. The Morgan fingerprint density at radius 2 is 2.00 bits per heavy atom. The molecule has 1 atom stereocenters. The average Bonchev–Trinajstić information content (AvgIpc) is 3.28. The second kappa shape index (κ2) is 6.43. The van der Waals surface area contributed by atoms with Gasteiger partial charge in [0.15, 0.2) is 5.54 Å². The molecule has 21 heavy (non-hydrogen) atoms. The third-order valence-electron chi connectivity index (χ3n) is 3.65. The monoisotopic (exact) mass is 295 g/mol. The van der Waals surface area contributed by atoms with Crippen LogP contribution in [0, 0.1) is 11.7 Å². The van der Waals surface area contributed by atoms with E-state index in [1.165, 1.54) is 19.2 Å². The van der Waals surface area contributed by atoms with E-state index < -0.39 is 5.54 Å². The van der Waals surface area contributed by atoms with E-state index in [4.69, 9.17) is 9.47 Å². The van der Waals surface area contributed by atoms with Gasteiger partial charge in [-0.2, -0.15) is 0 Å². The van der Waals surface area contributed by atoms with Gasteiger partial charge in [0.2, 0.25) is 0 Å². The molecule has 0 aromatic heterocycles. The average molecular weight is 295 g/mol. The number of ether oxygens (including phenoxy) is 2. The third-order valence-corrected chi connectivity index (χ3v) is 3.65. The van der Waals surface area contributed by atoms with Gasteiger partial charge in [0.1, 0.15) is 18.2 Å². The van der Waals surface area contributed by atoms with Crippen LogP contribution in [0.2, 0.25) is 0 Å². The van der Waals surface area contributed by atoms with Crippen molar-refractivity contribution in [3.05, 3.63) is 30.1 Å². The van der Waals surface area contributed by atoms with E-state index in [9.17, 15) is 9.18 Å². The molecule has 1 aromatic rings. The second-order valence-electron chi connectivity index (χ2n) is 5.78. The molecule has 0 saturated heterocycles. The summed E-state index contributed by atoms with van der Waals surface area (Å²) in [6.07, 6.45) is 1.95. The first-order chi connectivity index (χ1) is 9.98. The normalized spacial score (nSPS) is 17.4. The molecule has 1 aliphatic rings. The topological polar surface area (TPSA) is 47.6 Å². The zero-order valence-corrected chi connectivity index (χ0v) is 12.7. The molecule has 1 saturated carbocycles. The van der Waals surface area contributed by atoms with Gasteiger partial charge in [0.25, 0.3) is 0 Å². The van der Waals surface area contributed by atoms with E-state index in [1.54, 1.807) is 12.1 Å². The molecule has 0 spiro atoms. The quantitative estimate of drug-likeness (QED) is 0.785. The summed E-state index contributed by atoms with van der Waals surface area (Å²) in [4.78, 5) is 12.3. The molecule has 1 fully saturated rings. The Labute approximate surface area is 124 Å². The van der Waals surface area contributed by atoms with Crippen LogP contribution in [-0.2, 0) is 9.53 Å². The maximum Gasteiger partial charge on any atom is 0.329 e. The molecular weight excluding hydrogens is 273 g/mol. The molecule has 5 heteroatoms. The summed E-state index contributed by atoms with van der Waals surface area (Å²) >= 11 is 0. The van der Waals surface area contributed by atoms with Gasteiger partial charge in [-0.3, -0.25) is 5.32 Å². The smallest absolute Gasteiger partial charge is 0.329 e. The lowest BCUT2D eigenvalue weighted by atomic mass is 9.93. The van der Waals surface area contributed by atoms with E-state index in [1.807, 2.05) is 13.8 Å². The van der Waals surface area contributed by atoms with E-state index >= 15 is 0 Å². The molecular formula is C16H22FNO3. The molecule has 1 unspecified atom stereocenters. The molecule has 2 rings (SSSR count). The zero-order chi connectivity index (χ0) is 15.5. The van der Waals surface area contributed by atoms with Gasteiger partial charge in [-0.1, -0.05) is 0 Å². The van der Waals surface area contributed by atoms with Crippen LogP contribution in [0.25, 0.3) is 0 Å². The molecule has 116 valence electrons. The second-order valence-corrected chi connectivity index (χ2v) is 5.78. The van der Waals surface area contributed by atoms with Gasteiger partial charge >= 0.3 is 5.97 Å². The predicted molar refractivity (Wildman–Crippen MR) is 77.6 cm³/mol. The Hall–Kier alpha value is -1.62. The third kappa shape index (κ3) is 3.73. The number of halogens is 1. The van der Waals surface area contributed by atoms with Crippen molar-refractivity contribution in [3.8, 4) is 5.75 Å². The van der Waals surface area contributed by atoms with E-state index in [0.717, 1.165) is 12.8 Å². The van der Waals surface area contributed by atoms with Gasteiger partial charge in [-0.05, 0) is 56.9 Å². The van der Waals surface area contributed by atoms with Crippen molar-refractivity contribution in [3.63, 3.8) is 0 Å². The van der Waals surface area contributed by atoms with Gasteiger partial charge in [0.05, 0.1) is 7.11 Å². The highest BCUT2D eigenvalue weighted by Crippen LogP contribution is 2.41. The summed E-state index contributed by atoms with van der Waals surface area (Å²) in [6, 6.07) is 5.91. The van der Waals surface area contributed by atoms with Crippen molar-refractivity contribution in [1.29, 1.82) is 0 Å². The number of nitrogens with one attached hydrogen (secondary N) is 1. The molecule has 4 nitrogen and oxygen atoms in total. The van der Waals surface area contributed by atoms with Crippen LogP contribution >= 0.6 is 0 Å². The van der Waals surface area contributed by atoms with E-state index in [2.05, 4.69) is 5.32 Å². The van der Waals surface area contributed by atoms with Crippen LogP contribution in [0.15, 0.2) is 24.3 Å². The van der Waals surface area contributed by atoms with Crippen molar-refractivity contribution >= 4 is 5.97 Å². The largest absolute Gasteiger partial charge is 0.491 e. The fourth-order valence-corrected chi connectivity index (χ4v) is 2.56. The van der Waals surface area contributed by atoms with Crippen molar-refractivity contribution in [2.75, 3.05) is 13.7 Å². The number of carbonyl (C=O) groups is 1. The number of rotatable bonds is 7. The Balaban J connectivity index is 2.14. The fourth-order valence-electron chi connectivity index (χ4n) is 2.56. The van der Waals surface area contributed by atoms with Crippen molar-refractivity contribution in [2.24, 2.45) is 5.92 Å². The van der Waals surface area contributed by atoms with Gasteiger partial charge in [-0.25, -0.2) is 9.18 Å². The standard InChI is InChI=1S/C16H22FNO3/c1-11(2)18-16(12-4-5-12,15(19)20-3)10-21-14-8-6-13(17)7-9-14/h6-9,11-12,18H,4-5,10H2,1-3H3. The Morgan fingerprint density at radius 3 is 2.48 bits per heavy atom. The number of hydrogen-bond acceptors (Lipinski definition) is 4. The first-order valence-electron chi connectivity index (χ1n) is 7.22. The molecule has 0 heterocycles. The lowest BCUT2D eigenvalue weighted by Crippen LogP contribution is -2.60. The summed E-state index contributed by atoms with van der Waals surface area (Å²) in [7, 11) is 1.39. The lowest BCUT2D eigenvalue weighted by Gasteiger charge is -2.34. The summed E-state index contributed by atoms with van der Waals surface area (Å²) in [5, 5.41) is 3.31. The first-order valence-corrected chi connectivity index (χ1v) is 7.22. The minimum atomic E-state index is -0.836. The SMILES string of the molecule is COC(=O)C(COc1ccc(F)cc1)(NC(C)C)C1CC1. The molecule has 1 N–H and O–H groups in total. The highest BCUT2D eigenvalue weighted by atomic mass is 19.1. The van der Waals surface area contributed by atoms with Crippen molar-refractivity contribution < 1.29 is 18.7 Å². The van der Waals surface area contributed by atoms with Crippen LogP contribution < -0.4 is 10.1 Å². The van der Waals surface area contributed by atoms with Crippen LogP contribution in [0.1, 0.15) is 26.7 Å². The van der Waals surface area contributed by atoms with Crippen molar-refractivity contribution in [2.45, 2.75) is 38.3 Å². The first kappa shape index (κ1) is 15.8. The summed E-state index contributed by atoms with van der Waals surface area (Å²) in [5.74, 6) is 0.133. The summed E-state index contributed by atoms with van der Waals surface area (Å²) < 4.78 is 23.6. The minimum absolute atomic E-state index is 0.126. The van der Waals surface area contributed by atoms with Crippen LogP contribution in [0.5, 0.6) is 5.75 Å². The van der Waals surface area contributed by atoms with E-state index in [-0.39, 0.29) is 30.4 Å². The van der Waals surface area contributed by atoms with E-state index in [0.29, 0.717) is 5.75 Å². The maximum atomic E-state index is 12.9. The van der Waals surface area contributed by atoms with Gasteiger partial charge < -0.3 is 9.47 Å². The van der Waals surface area contributed by atoms with Gasteiger partial charge in [-0.15, -0.1) is 0 Å². The molecule has 1 aliphatic carbocycles. The molecule has 0 bridgehead atoms. The number of carbonyl (C=O) groups excluding carboxylic acids is 1. The Bertz CT molecular complexity index is 485. The highest BCUT2D eigenvalue weighted by molar-refractivity contribution is 5.82. The number of esters is 1. The number of benzene rings is 1. The van der Waals surface area contributed by atoms with Crippen LogP contribution in [0.4, 0.5) is 4.39 Å². The predicted octanol–water partition coefficient (Wildman–Crippen LogP) is 2.52. The highest BCUT2D eigenvalue weighted by Gasteiger charge is 2.53. The molecule has 0 radical (unpaired) electrons. The van der Waals surface area contributed by atoms with Crippen LogP contribution in [0.3, 0.4) is 0 Å².